The lowest BCUT2D eigenvalue weighted by Crippen LogP contribution is -2.17. The maximum atomic E-state index is 12.1. The van der Waals surface area contributed by atoms with Gasteiger partial charge >= 0.3 is 5.63 Å². The summed E-state index contributed by atoms with van der Waals surface area (Å²) in [6, 6.07) is 10.4. The molecule has 17 heavy (non-hydrogen) atoms. The van der Waals surface area contributed by atoms with Crippen LogP contribution in [-0.4, -0.2) is 5.78 Å². The van der Waals surface area contributed by atoms with Crippen LogP contribution in [0, 0.1) is 13.8 Å². The van der Waals surface area contributed by atoms with Crippen molar-refractivity contribution in [3.05, 3.63) is 69.3 Å². The van der Waals surface area contributed by atoms with Crippen molar-refractivity contribution in [2.75, 3.05) is 0 Å². The molecule has 3 heteroatoms. The number of rotatable bonds is 2. The molecule has 0 unspecified atom stereocenters. The summed E-state index contributed by atoms with van der Waals surface area (Å²) in [5, 5.41) is 0. The lowest BCUT2D eigenvalue weighted by molar-refractivity contribution is 0.103. The highest BCUT2D eigenvalue weighted by Crippen LogP contribution is 2.11. The van der Waals surface area contributed by atoms with Gasteiger partial charge in [0, 0.05) is 5.56 Å². The molecule has 0 aliphatic rings. The smallest absolute Gasteiger partial charge is 0.347 e. The van der Waals surface area contributed by atoms with Gasteiger partial charge in [-0.25, -0.2) is 4.79 Å². The van der Waals surface area contributed by atoms with Crippen LogP contribution in [0.15, 0.2) is 45.6 Å². The molecule has 1 heterocycles. The molecule has 0 aliphatic carbocycles. The van der Waals surface area contributed by atoms with Gasteiger partial charge in [0.15, 0.2) is 0 Å². The summed E-state index contributed by atoms with van der Waals surface area (Å²) in [5.41, 5.74) is 0.678. The molecular formula is C14H12O3. The lowest BCUT2D eigenvalue weighted by atomic mass is 10.0. The number of aryl methyl sites for hydroxylation is 2. The summed E-state index contributed by atoms with van der Waals surface area (Å²) in [7, 11) is 0. The van der Waals surface area contributed by atoms with E-state index in [1.807, 2.05) is 6.07 Å². The second-order valence-electron chi connectivity index (χ2n) is 3.90. The first-order valence-electron chi connectivity index (χ1n) is 5.30. The number of hydrogen-bond donors (Lipinski definition) is 0. The third-order valence-electron chi connectivity index (χ3n) is 2.53. The standard InChI is InChI=1S/C14H12O3/c1-9-8-10(2)17-14(16)12(9)13(15)11-6-4-3-5-7-11/h3-8H,1-2H3. The highest BCUT2D eigenvalue weighted by atomic mass is 16.4. The van der Waals surface area contributed by atoms with Crippen molar-refractivity contribution < 1.29 is 9.21 Å². The van der Waals surface area contributed by atoms with Gasteiger partial charge in [0.05, 0.1) is 0 Å². The molecule has 0 fully saturated rings. The second-order valence-corrected chi connectivity index (χ2v) is 3.90. The monoisotopic (exact) mass is 228 g/mol. The van der Waals surface area contributed by atoms with Crippen LogP contribution in [0.1, 0.15) is 27.2 Å². The van der Waals surface area contributed by atoms with Crippen molar-refractivity contribution in [1.29, 1.82) is 0 Å². The van der Waals surface area contributed by atoms with Gasteiger partial charge in [-0.1, -0.05) is 30.3 Å². The van der Waals surface area contributed by atoms with E-state index in [2.05, 4.69) is 0 Å². The van der Waals surface area contributed by atoms with E-state index < -0.39 is 5.63 Å². The third kappa shape index (κ3) is 2.18. The van der Waals surface area contributed by atoms with Crippen LogP contribution in [0.4, 0.5) is 0 Å². The fourth-order valence-corrected chi connectivity index (χ4v) is 1.77. The molecule has 0 aliphatic heterocycles. The number of ketones is 1. The van der Waals surface area contributed by atoms with Crippen molar-refractivity contribution >= 4 is 5.78 Å². The predicted molar refractivity (Wildman–Crippen MR) is 64.3 cm³/mol. The minimum Gasteiger partial charge on any atom is -0.428 e. The van der Waals surface area contributed by atoms with Crippen LogP contribution in [0.3, 0.4) is 0 Å². The largest absolute Gasteiger partial charge is 0.428 e. The minimum absolute atomic E-state index is 0.113. The topological polar surface area (TPSA) is 47.3 Å². The molecule has 2 aromatic rings. The van der Waals surface area contributed by atoms with E-state index in [-0.39, 0.29) is 11.3 Å². The Morgan fingerprint density at radius 1 is 1.12 bits per heavy atom. The van der Waals surface area contributed by atoms with E-state index in [0.29, 0.717) is 16.9 Å². The summed E-state index contributed by atoms with van der Waals surface area (Å²) in [5.74, 6) is 0.217. The molecule has 0 spiro atoms. The highest BCUT2D eigenvalue weighted by molar-refractivity contribution is 6.09. The number of carbonyl (C=O) groups excluding carboxylic acids is 1. The molecule has 0 radical (unpaired) electrons. The molecule has 1 aromatic carbocycles. The molecule has 0 N–H and O–H groups in total. The average molecular weight is 228 g/mol. The Hall–Kier alpha value is -2.16. The van der Waals surface area contributed by atoms with E-state index in [9.17, 15) is 9.59 Å². The summed E-state index contributed by atoms with van der Waals surface area (Å²) >= 11 is 0. The van der Waals surface area contributed by atoms with E-state index in [4.69, 9.17) is 4.42 Å². The molecule has 1 aromatic heterocycles. The summed E-state index contributed by atoms with van der Waals surface area (Å²) < 4.78 is 4.96. The van der Waals surface area contributed by atoms with E-state index in [1.165, 1.54) is 0 Å². The van der Waals surface area contributed by atoms with E-state index in [0.717, 1.165) is 0 Å². The van der Waals surface area contributed by atoms with Gasteiger partial charge < -0.3 is 4.42 Å². The molecule has 0 bridgehead atoms. The summed E-state index contributed by atoms with van der Waals surface area (Å²) in [6.45, 7) is 3.42. The number of carbonyl (C=O) groups is 1. The maximum Gasteiger partial charge on any atom is 0.347 e. The van der Waals surface area contributed by atoms with Crippen molar-refractivity contribution in [1.82, 2.24) is 0 Å². The quantitative estimate of drug-likeness (QED) is 0.742. The second kappa shape index (κ2) is 4.37. The summed E-state index contributed by atoms with van der Waals surface area (Å²) in [6.07, 6.45) is 0. The van der Waals surface area contributed by atoms with Gasteiger partial charge in [0.2, 0.25) is 5.78 Å². The maximum absolute atomic E-state index is 12.1. The van der Waals surface area contributed by atoms with E-state index >= 15 is 0 Å². The fourth-order valence-electron chi connectivity index (χ4n) is 1.77. The van der Waals surface area contributed by atoms with Crippen molar-refractivity contribution in [3.8, 4) is 0 Å². The zero-order valence-electron chi connectivity index (χ0n) is 9.69. The highest BCUT2D eigenvalue weighted by Gasteiger charge is 2.17. The minimum atomic E-state index is -0.573. The SMILES string of the molecule is Cc1cc(C)c(C(=O)c2ccccc2)c(=O)o1. The Kier molecular flexibility index (Phi) is 2.91. The van der Waals surface area contributed by atoms with Crippen molar-refractivity contribution in [2.45, 2.75) is 13.8 Å². The molecule has 0 saturated carbocycles. The van der Waals surface area contributed by atoms with Gasteiger partial charge in [-0.05, 0) is 25.5 Å². The average Bonchev–Trinajstić information content (AvgIpc) is 2.28. The Balaban J connectivity index is 2.56. The first-order valence-corrected chi connectivity index (χ1v) is 5.30. The van der Waals surface area contributed by atoms with Crippen molar-refractivity contribution in [3.63, 3.8) is 0 Å². The van der Waals surface area contributed by atoms with Gasteiger partial charge in [-0.15, -0.1) is 0 Å². The Morgan fingerprint density at radius 3 is 2.35 bits per heavy atom. The lowest BCUT2D eigenvalue weighted by Gasteiger charge is -2.03. The molecule has 2 rings (SSSR count). The zero-order valence-corrected chi connectivity index (χ0v) is 9.69. The first kappa shape index (κ1) is 11.3. The third-order valence-corrected chi connectivity index (χ3v) is 2.53. The van der Waals surface area contributed by atoms with Crippen LogP contribution in [-0.2, 0) is 0 Å². The summed E-state index contributed by atoms with van der Waals surface area (Å²) in [4.78, 5) is 23.8. The van der Waals surface area contributed by atoms with Gasteiger partial charge in [-0.3, -0.25) is 4.79 Å². The van der Waals surface area contributed by atoms with Gasteiger partial charge in [0.1, 0.15) is 11.3 Å². The molecule has 0 atom stereocenters. The molecule has 0 amide bonds. The Bertz CT molecular complexity index is 609. The Labute approximate surface area is 98.7 Å². The molecule has 3 nitrogen and oxygen atoms in total. The van der Waals surface area contributed by atoms with Crippen LogP contribution in [0.5, 0.6) is 0 Å². The Morgan fingerprint density at radius 2 is 1.76 bits per heavy atom. The zero-order chi connectivity index (χ0) is 12.4. The predicted octanol–water partition coefficient (Wildman–Crippen LogP) is 2.49. The number of benzene rings is 1. The first-order chi connectivity index (χ1) is 8.09. The normalized spacial score (nSPS) is 10.2. The van der Waals surface area contributed by atoms with Gasteiger partial charge in [0.25, 0.3) is 0 Å². The molecule has 0 saturated heterocycles. The van der Waals surface area contributed by atoms with Crippen molar-refractivity contribution in [2.24, 2.45) is 0 Å². The van der Waals surface area contributed by atoms with Crippen LogP contribution >= 0.6 is 0 Å². The van der Waals surface area contributed by atoms with Gasteiger partial charge in [-0.2, -0.15) is 0 Å². The fraction of sp³-hybridized carbons (Fsp3) is 0.143. The van der Waals surface area contributed by atoms with Crippen LogP contribution in [0.25, 0.3) is 0 Å². The number of hydrogen-bond acceptors (Lipinski definition) is 3. The van der Waals surface area contributed by atoms with Crippen LogP contribution < -0.4 is 5.63 Å². The molecular weight excluding hydrogens is 216 g/mol. The molecule has 86 valence electrons. The van der Waals surface area contributed by atoms with Crippen LogP contribution in [0.2, 0.25) is 0 Å². The van der Waals surface area contributed by atoms with E-state index in [1.54, 1.807) is 44.2 Å².